The minimum absolute atomic E-state index is 0.101. The van der Waals surface area contributed by atoms with Gasteiger partial charge in [-0.05, 0) is 13.0 Å². The highest BCUT2D eigenvalue weighted by Crippen LogP contribution is 2.33. The van der Waals surface area contributed by atoms with E-state index in [0.29, 0.717) is 0 Å². The second kappa shape index (κ2) is 4.59. The molecule has 2 N–H and O–H groups in total. The third-order valence-corrected chi connectivity index (χ3v) is 2.69. The summed E-state index contributed by atoms with van der Waals surface area (Å²) in [4.78, 5) is 0. The van der Waals surface area contributed by atoms with Gasteiger partial charge in [-0.3, -0.25) is 4.68 Å². The molecule has 4 nitrogen and oxygen atoms in total. The SMILES string of the molecule is COc1ccccc1-c1cn(C)nc1C(C)N. The molecule has 0 fully saturated rings. The molecular formula is C13H17N3O. The molecule has 1 heterocycles. The van der Waals surface area contributed by atoms with Gasteiger partial charge in [-0.15, -0.1) is 0 Å². The van der Waals surface area contributed by atoms with Gasteiger partial charge in [0.05, 0.1) is 12.8 Å². The van der Waals surface area contributed by atoms with Crippen LogP contribution in [0.5, 0.6) is 5.75 Å². The van der Waals surface area contributed by atoms with Crippen LogP contribution in [0.15, 0.2) is 30.5 Å². The van der Waals surface area contributed by atoms with E-state index in [2.05, 4.69) is 5.10 Å². The number of benzene rings is 1. The van der Waals surface area contributed by atoms with Crippen molar-refractivity contribution in [2.75, 3.05) is 7.11 Å². The Bertz CT molecular complexity index is 517. The third-order valence-electron chi connectivity index (χ3n) is 2.69. The summed E-state index contributed by atoms with van der Waals surface area (Å²) in [6, 6.07) is 7.78. The molecule has 1 aromatic carbocycles. The van der Waals surface area contributed by atoms with E-state index in [4.69, 9.17) is 10.5 Å². The Balaban J connectivity index is 2.59. The van der Waals surface area contributed by atoms with Gasteiger partial charge in [0.25, 0.3) is 0 Å². The lowest BCUT2D eigenvalue weighted by Crippen LogP contribution is -2.07. The Hall–Kier alpha value is -1.81. The van der Waals surface area contributed by atoms with Crippen LogP contribution in [0.4, 0.5) is 0 Å². The van der Waals surface area contributed by atoms with Crippen LogP contribution in [0.3, 0.4) is 0 Å². The molecular weight excluding hydrogens is 214 g/mol. The molecule has 0 aliphatic heterocycles. The highest BCUT2D eigenvalue weighted by molar-refractivity contribution is 5.72. The number of rotatable bonds is 3. The fraction of sp³-hybridized carbons (Fsp3) is 0.308. The number of aromatic nitrogens is 2. The van der Waals surface area contributed by atoms with Crippen molar-refractivity contribution in [1.82, 2.24) is 9.78 Å². The predicted octanol–water partition coefficient (Wildman–Crippen LogP) is 2.12. The number of ether oxygens (including phenoxy) is 1. The largest absolute Gasteiger partial charge is 0.496 e. The maximum Gasteiger partial charge on any atom is 0.126 e. The Morgan fingerprint density at radius 3 is 2.65 bits per heavy atom. The average Bonchev–Trinajstić information content (AvgIpc) is 2.71. The number of methoxy groups -OCH3 is 1. The van der Waals surface area contributed by atoms with Gasteiger partial charge in [0.1, 0.15) is 5.75 Å². The van der Waals surface area contributed by atoms with Crippen LogP contribution in [0, 0.1) is 0 Å². The first-order valence-electron chi connectivity index (χ1n) is 5.56. The van der Waals surface area contributed by atoms with Crippen molar-refractivity contribution in [3.8, 4) is 16.9 Å². The molecule has 0 saturated heterocycles. The molecule has 17 heavy (non-hydrogen) atoms. The van der Waals surface area contributed by atoms with Gasteiger partial charge >= 0.3 is 0 Å². The Labute approximate surface area is 101 Å². The second-order valence-corrected chi connectivity index (χ2v) is 4.09. The molecule has 0 radical (unpaired) electrons. The van der Waals surface area contributed by atoms with Gasteiger partial charge in [-0.25, -0.2) is 0 Å². The number of hydrogen-bond acceptors (Lipinski definition) is 3. The van der Waals surface area contributed by atoms with E-state index in [9.17, 15) is 0 Å². The van der Waals surface area contributed by atoms with Gasteiger partial charge in [-0.2, -0.15) is 5.10 Å². The maximum absolute atomic E-state index is 5.94. The Kier molecular flexibility index (Phi) is 3.15. The average molecular weight is 231 g/mol. The summed E-state index contributed by atoms with van der Waals surface area (Å²) in [6.07, 6.45) is 1.97. The zero-order valence-electron chi connectivity index (χ0n) is 10.3. The lowest BCUT2D eigenvalue weighted by atomic mass is 10.0. The maximum atomic E-state index is 5.94. The van der Waals surface area contributed by atoms with Crippen molar-refractivity contribution < 1.29 is 4.74 Å². The van der Waals surface area contributed by atoms with E-state index in [1.165, 1.54) is 0 Å². The number of nitrogens with two attached hydrogens (primary N) is 1. The van der Waals surface area contributed by atoms with Crippen LogP contribution in [0.1, 0.15) is 18.7 Å². The molecule has 2 aromatic rings. The van der Waals surface area contributed by atoms with Crippen molar-refractivity contribution >= 4 is 0 Å². The molecule has 0 bridgehead atoms. The van der Waals surface area contributed by atoms with E-state index >= 15 is 0 Å². The summed E-state index contributed by atoms with van der Waals surface area (Å²) in [5, 5.41) is 4.40. The van der Waals surface area contributed by atoms with E-state index in [1.54, 1.807) is 11.8 Å². The minimum atomic E-state index is -0.101. The predicted molar refractivity (Wildman–Crippen MR) is 67.8 cm³/mol. The smallest absolute Gasteiger partial charge is 0.126 e. The lowest BCUT2D eigenvalue weighted by molar-refractivity contribution is 0.416. The molecule has 0 spiro atoms. The molecule has 1 atom stereocenters. The molecule has 1 aromatic heterocycles. The Morgan fingerprint density at radius 1 is 1.29 bits per heavy atom. The highest BCUT2D eigenvalue weighted by Gasteiger charge is 2.16. The van der Waals surface area contributed by atoms with Crippen LogP contribution < -0.4 is 10.5 Å². The normalized spacial score (nSPS) is 12.5. The summed E-state index contributed by atoms with van der Waals surface area (Å²) in [5.74, 6) is 0.836. The zero-order chi connectivity index (χ0) is 12.4. The van der Waals surface area contributed by atoms with E-state index in [0.717, 1.165) is 22.6 Å². The number of aryl methyl sites for hydroxylation is 1. The van der Waals surface area contributed by atoms with Crippen LogP contribution in [0.25, 0.3) is 11.1 Å². The number of para-hydroxylation sites is 1. The van der Waals surface area contributed by atoms with Gasteiger partial charge in [-0.1, -0.05) is 18.2 Å². The van der Waals surface area contributed by atoms with E-state index in [1.807, 2.05) is 44.4 Å². The van der Waals surface area contributed by atoms with Crippen LogP contribution in [0.2, 0.25) is 0 Å². The number of nitrogens with zero attached hydrogens (tertiary/aromatic N) is 2. The van der Waals surface area contributed by atoms with Crippen molar-refractivity contribution in [2.24, 2.45) is 12.8 Å². The first-order valence-corrected chi connectivity index (χ1v) is 5.56. The molecule has 1 unspecified atom stereocenters. The molecule has 0 amide bonds. The van der Waals surface area contributed by atoms with E-state index in [-0.39, 0.29) is 6.04 Å². The minimum Gasteiger partial charge on any atom is -0.496 e. The fourth-order valence-corrected chi connectivity index (χ4v) is 1.92. The van der Waals surface area contributed by atoms with Crippen molar-refractivity contribution in [2.45, 2.75) is 13.0 Å². The topological polar surface area (TPSA) is 53.1 Å². The molecule has 0 aliphatic carbocycles. The summed E-state index contributed by atoms with van der Waals surface area (Å²) >= 11 is 0. The first kappa shape index (κ1) is 11.7. The summed E-state index contributed by atoms with van der Waals surface area (Å²) in [5.41, 5.74) is 8.88. The van der Waals surface area contributed by atoms with Crippen molar-refractivity contribution in [3.05, 3.63) is 36.2 Å². The molecule has 4 heteroatoms. The fourth-order valence-electron chi connectivity index (χ4n) is 1.92. The molecule has 2 rings (SSSR count). The van der Waals surface area contributed by atoms with Crippen LogP contribution in [-0.2, 0) is 7.05 Å². The first-order chi connectivity index (χ1) is 8.13. The lowest BCUT2D eigenvalue weighted by Gasteiger charge is -2.09. The van der Waals surface area contributed by atoms with Gasteiger partial charge in [0, 0.05) is 30.4 Å². The van der Waals surface area contributed by atoms with Gasteiger partial charge in [0.15, 0.2) is 0 Å². The zero-order valence-corrected chi connectivity index (χ0v) is 10.3. The highest BCUT2D eigenvalue weighted by atomic mass is 16.5. The third kappa shape index (κ3) is 2.17. The summed E-state index contributed by atoms with van der Waals surface area (Å²) in [7, 11) is 3.56. The molecule has 90 valence electrons. The quantitative estimate of drug-likeness (QED) is 0.880. The molecule has 0 saturated carbocycles. The Morgan fingerprint density at radius 2 is 2.00 bits per heavy atom. The van der Waals surface area contributed by atoms with Crippen LogP contribution >= 0.6 is 0 Å². The second-order valence-electron chi connectivity index (χ2n) is 4.09. The van der Waals surface area contributed by atoms with Crippen molar-refractivity contribution in [3.63, 3.8) is 0 Å². The number of hydrogen-bond donors (Lipinski definition) is 1. The standard InChI is InChI=1S/C13H17N3O/c1-9(14)13-11(8-16(2)15-13)10-6-4-5-7-12(10)17-3/h4-9H,14H2,1-3H3. The summed E-state index contributed by atoms with van der Waals surface area (Å²) < 4.78 is 7.14. The summed E-state index contributed by atoms with van der Waals surface area (Å²) in [6.45, 7) is 1.93. The van der Waals surface area contributed by atoms with Gasteiger partial charge in [0.2, 0.25) is 0 Å². The van der Waals surface area contributed by atoms with Gasteiger partial charge < -0.3 is 10.5 Å². The van der Waals surface area contributed by atoms with E-state index < -0.39 is 0 Å². The molecule has 0 aliphatic rings. The van der Waals surface area contributed by atoms with Crippen molar-refractivity contribution in [1.29, 1.82) is 0 Å². The monoisotopic (exact) mass is 231 g/mol. The van der Waals surface area contributed by atoms with Crippen LogP contribution in [-0.4, -0.2) is 16.9 Å².